The molecule has 0 radical (unpaired) electrons. The fourth-order valence-corrected chi connectivity index (χ4v) is 2.57. The van der Waals surface area contributed by atoms with Crippen LogP contribution in [0.2, 0.25) is 0 Å². The van der Waals surface area contributed by atoms with Gasteiger partial charge in [-0.05, 0) is 18.9 Å². The molecule has 2 nitrogen and oxygen atoms in total. The number of amides is 1. The molecule has 1 N–H and O–H groups in total. The molecule has 1 aliphatic carbocycles. The molecule has 0 bridgehead atoms. The summed E-state index contributed by atoms with van der Waals surface area (Å²) in [6.07, 6.45) is 15.7. The van der Waals surface area contributed by atoms with Crippen molar-refractivity contribution in [1.82, 2.24) is 5.32 Å². The minimum absolute atomic E-state index is 0.0119. The highest BCUT2D eigenvalue weighted by atomic mass is 16.1. The van der Waals surface area contributed by atoms with Crippen LogP contribution in [0.4, 0.5) is 0 Å². The van der Waals surface area contributed by atoms with E-state index in [-0.39, 0.29) is 5.91 Å². The van der Waals surface area contributed by atoms with Gasteiger partial charge in [0.05, 0.1) is 0 Å². The molecule has 0 unspecified atom stereocenters. The Morgan fingerprint density at radius 2 is 1.29 bits per heavy atom. The highest BCUT2D eigenvalue weighted by Gasteiger charge is 2.10. The highest BCUT2D eigenvalue weighted by molar-refractivity contribution is 5.87. The Morgan fingerprint density at radius 1 is 0.882 bits per heavy atom. The molecule has 0 heterocycles. The van der Waals surface area contributed by atoms with Gasteiger partial charge in [0.2, 0.25) is 5.91 Å². The van der Waals surface area contributed by atoms with Gasteiger partial charge in [-0.3, -0.25) is 4.79 Å². The molecule has 0 atom stereocenters. The molecule has 0 saturated heterocycles. The van der Waals surface area contributed by atoms with Crippen LogP contribution in [0.1, 0.15) is 70.6 Å². The quantitative estimate of drug-likeness (QED) is 0.724. The fourth-order valence-electron chi connectivity index (χ4n) is 2.57. The number of hydrogen-bond donors (Lipinski definition) is 1. The van der Waals surface area contributed by atoms with Crippen molar-refractivity contribution >= 4 is 5.91 Å². The molecule has 1 amide bonds. The Morgan fingerprint density at radius 3 is 1.71 bits per heavy atom. The number of rotatable bonds is 2. The van der Waals surface area contributed by atoms with Crippen molar-refractivity contribution in [3.8, 4) is 0 Å². The zero-order valence-corrected chi connectivity index (χ0v) is 11.0. The second-order valence-corrected chi connectivity index (χ2v) is 5.17. The first-order valence-corrected chi connectivity index (χ1v) is 7.26. The first kappa shape index (κ1) is 14.3. The fraction of sp³-hybridized carbons (Fsp3) is 0.800. The average molecular weight is 237 g/mol. The lowest BCUT2D eigenvalue weighted by atomic mass is 9.98. The predicted octanol–water partition coefficient (Wildman–Crippen LogP) is 3.96. The summed E-state index contributed by atoms with van der Waals surface area (Å²) in [5.74, 6) is -0.0119. The Bertz CT molecular complexity index is 213. The highest BCUT2D eigenvalue weighted by Crippen LogP contribution is 2.16. The van der Waals surface area contributed by atoms with E-state index in [1.165, 1.54) is 63.9 Å². The summed E-state index contributed by atoms with van der Waals surface area (Å²) in [4.78, 5) is 11.3. The maximum absolute atomic E-state index is 11.3. The van der Waals surface area contributed by atoms with Crippen LogP contribution in [-0.4, -0.2) is 11.9 Å². The summed E-state index contributed by atoms with van der Waals surface area (Å²) in [5, 5.41) is 3.06. The third-order valence-corrected chi connectivity index (χ3v) is 3.64. The number of carbonyl (C=O) groups is 1. The molecule has 1 saturated carbocycles. The van der Waals surface area contributed by atoms with Gasteiger partial charge in [-0.15, -0.1) is 0 Å². The molecule has 0 spiro atoms. The van der Waals surface area contributed by atoms with Crippen molar-refractivity contribution in [3.63, 3.8) is 0 Å². The van der Waals surface area contributed by atoms with Crippen molar-refractivity contribution in [2.45, 2.75) is 76.7 Å². The topological polar surface area (TPSA) is 29.1 Å². The van der Waals surface area contributed by atoms with Gasteiger partial charge in [0.25, 0.3) is 0 Å². The van der Waals surface area contributed by atoms with Gasteiger partial charge in [-0.25, -0.2) is 0 Å². The largest absolute Gasteiger partial charge is 0.350 e. The zero-order valence-electron chi connectivity index (χ0n) is 11.0. The van der Waals surface area contributed by atoms with E-state index in [1.807, 2.05) is 0 Å². The van der Waals surface area contributed by atoms with Gasteiger partial charge in [0, 0.05) is 6.04 Å². The van der Waals surface area contributed by atoms with Crippen LogP contribution in [0.3, 0.4) is 0 Å². The summed E-state index contributed by atoms with van der Waals surface area (Å²) < 4.78 is 0. The van der Waals surface area contributed by atoms with E-state index in [9.17, 15) is 4.79 Å². The van der Waals surface area contributed by atoms with Crippen LogP contribution in [0.5, 0.6) is 0 Å². The Kier molecular flexibility index (Phi) is 7.78. The molecule has 2 heteroatoms. The van der Waals surface area contributed by atoms with Gasteiger partial charge >= 0.3 is 0 Å². The molecule has 1 fully saturated rings. The Hall–Kier alpha value is -0.790. The maximum Gasteiger partial charge on any atom is 0.243 e. The van der Waals surface area contributed by atoms with E-state index < -0.39 is 0 Å². The van der Waals surface area contributed by atoms with Crippen molar-refractivity contribution in [1.29, 1.82) is 0 Å². The molecule has 0 aromatic rings. The van der Waals surface area contributed by atoms with E-state index in [1.54, 1.807) is 0 Å². The Balaban J connectivity index is 2.31. The predicted molar refractivity (Wildman–Crippen MR) is 72.9 cm³/mol. The standard InChI is InChI=1S/C15H27NO/c1-2-15(17)16-14-12-10-8-6-4-3-5-7-9-11-13-14/h2,14H,1,3-13H2,(H,16,17). The minimum Gasteiger partial charge on any atom is -0.350 e. The van der Waals surface area contributed by atoms with Crippen LogP contribution in [-0.2, 0) is 4.79 Å². The van der Waals surface area contributed by atoms with Crippen LogP contribution in [0.15, 0.2) is 12.7 Å². The van der Waals surface area contributed by atoms with Gasteiger partial charge in [-0.1, -0.05) is 64.4 Å². The third-order valence-electron chi connectivity index (χ3n) is 3.64. The first-order chi connectivity index (χ1) is 8.33. The first-order valence-electron chi connectivity index (χ1n) is 7.26. The van der Waals surface area contributed by atoms with Crippen molar-refractivity contribution < 1.29 is 4.79 Å². The van der Waals surface area contributed by atoms with E-state index in [2.05, 4.69) is 11.9 Å². The lowest BCUT2D eigenvalue weighted by Crippen LogP contribution is -2.33. The zero-order chi connectivity index (χ0) is 12.3. The molecular formula is C15H27NO. The molecule has 0 aliphatic heterocycles. The lowest BCUT2D eigenvalue weighted by molar-refractivity contribution is -0.117. The summed E-state index contributed by atoms with van der Waals surface area (Å²) in [5.41, 5.74) is 0. The number of hydrogen-bond acceptors (Lipinski definition) is 1. The molecule has 0 aromatic carbocycles. The van der Waals surface area contributed by atoms with Gasteiger partial charge in [-0.2, -0.15) is 0 Å². The third kappa shape index (κ3) is 7.19. The van der Waals surface area contributed by atoms with Crippen molar-refractivity contribution in [3.05, 3.63) is 12.7 Å². The molecule has 1 aliphatic rings. The van der Waals surface area contributed by atoms with E-state index >= 15 is 0 Å². The van der Waals surface area contributed by atoms with Crippen LogP contribution in [0.25, 0.3) is 0 Å². The van der Waals surface area contributed by atoms with Crippen LogP contribution in [0, 0.1) is 0 Å². The summed E-state index contributed by atoms with van der Waals surface area (Å²) in [6.45, 7) is 3.52. The molecule has 98 valence electrons. The van der Waals surface area contributed by atoms with Gasteiger partial charge in [0.15, 0.2) is 0 Å². The molecular weight excluding hydrogens is 210 g/mol. The molecule has 0 aromatic heterocycles. The smallest absolute Gasteiger partial charge is 0.243 e. The molecule has 17 heavy (non-hydrogen) atoms. The van der Waals surface area contributed by atoms with E-state index in [4.69, 9.17) is 0 Å². The van der Waals surface area contributed by atoms with Crippen LogP contribution >= 0.6 is 0 Å². The van der Waals surface area contributed by atoms with Crippen LogP contribution < -0.4 is 5.32 Å². The molecule has 1 rings (SSSR count). The number of carbonyl (C=O) groups excluding carboxylic acids is 1. The normalized spacial score (nSPS) is 20.9. The van der Waals surface area contributed by atoms with E-state index in [0.717, 1.165) is 12.8 Å². The lowest BCUT2D eigenvalue weighted by Gasteiger charge is -2.18. The number of nitrogens with one attached hydrogen (secondary N) is 1. The van der Waals surface area contributed by atoms with Crippen molar-refractivity contribution in [2.24, 2.45) is 0 Å². The van der Waals surface area contributed by atoms with Crippen molar-refractivity contribution in [2.75, 3.05) is 0 Å². The summed E-state index contributed by atoms with van der Waals surface area (Å²) in [6, 6.07) is 0.375. The van der Waals surface area contributed by atoms with Gasteiger partial charge < -0.3 is 5.32 Å². The minimum atomic E-state index is -0.0119. The van der Waals surface area contributed by atoms with E-state index in [0.29, 0.717) is 6.04 Å². The summed E-state index contributed by atoms with van der Waals surface area (Å²) in [7, 11) is 0. The van der Waals surface area contributed by atoms with Gasteiger partial charge in [0.1, 0.15) is 0 Å². The summed E-state index contributed by atoms with van der Waals surface area (Å²) >= 11 is 0. The maximum atomic E-state index is 11.3. The second kappa shape index (κ2) is 9.26. The monoisotopic (exact) mass is 237 g/mol. The SMILES string of the molecule is C=CC(=O)NC1CCCCCCCCCCC1. The Labute approximate surface area is 106 Å². The average Bonchev–Trinajstić information content (AvgIpc) is 2.32. The second-order valence-electron chi connectivity index (χ2n) is 5.17.